The summed E-state index contributed by atoms with van der Waals surface area (Å²) in [5.41, 5.74) is 2.80. The number of carbonyl (C=O) groups excluding carboxylic acids is 1. The van der Waals surface area contributed by atoms with Crippen molar-refractivity contribution in [1.82, 2.24) is 0 Å². The molecule has 3 rings (SSSR count). The molecule has 2 N–H and O–H groups in total. The average Bonchev–Trinajstić information content (AvgIpc) is 2.88. The number of anilines is 1. The summed E-state index contributed by atoms with van der Waals surface area (Å²) in [6.45, 7) is 3.99. The molecule has 2 aromatic rings. The Morgan fingerprint density at radius 3 is 2.56 bits per heavy atom. The molecule has 0 aliphatic carbocycles. The van der Waals surface area contributed by atoms with Gasteiger partial charge in [0.05, 0.1) is 10.6 Å². The van der Waals surface area contributed by atoms with E-state index in [-0.39, 0.29) is 16.8 Å². The highest BCUT2D eigenvalue weighted by Crippen LogP contribution is 2.34. The van der Waals surface area contributed by atoms with Crippen molar-refractivity contribution in [3.05, 3.63) is 53.6 Å². The van der Waals surface area contributed by atoms with Crippen molar-refractivity contribution in [1.29, 1.82) is 0 Å². The normalized spacial score (nSPS) is 16.8. The molecule has 25 heavy (non-hydrogen) atoms. The standard InChI is InChI=1S/C18H20N2O3S2/c1-12-3-5-15(6-4-12)24-11-18(21)20-13(2)9-14-10-16(25(19,22)23)7-8-17(14)20/h3-8,10,13H,9,11H2,1-2H3,(H2,19,22,23). The fourth-order valence-electron chi connectivity index (χ4n) is 3.01. The van der Waals surface area contributed by atoms with E-state index in [4.69, 9.17) is 5.14 Å². The quantitative estimate of drug-likeness (QED) is 0.832. The number of nitrogens with zero attached hydrogens (tertiary/aromatic N) is 1. The lowest BCUT2D eigenvalue weighted by Gasteiger charge is -2.22. The zero-order valence-corrected chi connectivity index (χ0v) is 15.7. The van der Waals surface area contributed by atoms with Crippen LogP contribution in [0, 0.1) is 6.92 Å². The number of rotatable bonds is 4. The van der Waals surface area contributed by atoms with Crippen LogP contribution >= 0.6 is 11.8 Å². The third kappa shape index (κ3) is 3.89. The summed E-state index contributed by atoms with van der Waals surface area (Å²) >= 11 is 1.50. The molecule has 0 radical (unpaired) electrons. The third-order valence-corrected chi connectivity index (χ3v) is 6.15. The molecule has 1 atom stereocenters. The maximum Gasteiger partial charge on any atom is 0.238 e. The van der Waals surface area contributed by atoms with Crippen molar-refractivity contribution in [2.75, 3.05) is 10.7 Å². The second-order valence-electron chi connectivity index (χ2n) is 6.25. The zero-order chi connectivity index (χ0) is 18.2. The average molecular weight is 377 g/mol. The van der Waals surface area contributed by atoms with Crippen molar-refractivity contribution in [2.45, 2.75) is 36.1 Å². The smallest absolute Gasteiger partial charge is 0.238 e. The molecule has 0 aromatic heterocycles. The third-order valence-electron chi connectivity index (χ3n) is 4.25. The number of hydrogen-bond acceptors (Lipinski definition) is 4. The van der Waals surface area contributed by atoms with Crippen LogP contribution in [0.15, 0.2) is 52.3 Å². The minimum atomic E-state index is -3.74. The summed E-state index contributed by atoms with van der Waals surface area (Å²) in [5.74, 6) is 0.351. The minimum absolute atomic E-state index is 0.00292. The Labute approximate surface area is 152 Å². The molecule has 1 aliphatic heterocycles. The Kier molecular flexibility index (Phi) is 4.90. The fourth-order valence-corrected chi connectivity index (χ4v) is 4.34. The van der Waals surface area contributed by atoms with E-state index in [2.05, 4.69) is 0 Å². The molecule has 132 valence electrons. The topological polar surface area (TPSA) is 80.5 Å². The molecule has 0 spiro atoms. The van der Waals surface area contributed by atoms with E-state index in [9.17, 15) is 13.2 Å². The number of hydrogen-bond donors (Lipinski definition) is 1. The first kappa shape index (κ1) is 18.0. The number of benzene rings is 2. The van der Waals surface area contributed by atoms with E-state index in [1.54, 1.807) is 17.0 Å². The van der Waals surface area contributed by atoms with Crippen molar-refractivity contribution < 1.29 is 13.2 Å². The van der Waals surface area contributed by atoms with E-state index < -0.39 is 10.0 Å². The summed E-state index contributed by atoms with van der Waals surface area (Å²) in [6.07, 6.45) is 0.625. The number of fused-ring (bicyclic) bond motifs is 1. The predicted molar refractivity (Wildman–Crippen MR) is 100 cm³/mol. The summed E-state index contributed by atoms with van der Waals surface area (Å²) in [7, 11) is -3.74. The van der Waals surface area contributed by atoms with E-state index >= 15 is 0 Å². The molecule has 1 heterocycles. The first-order valence-electron chi connectivity index (χ1n) is 7.93. The lowest BCUT2D eigenvalue weighted by molar-refractivity contribution is -0.116. The van der Waals surface area contributed by atoms with Gasteiger partial charge in [0.2, 0.25) is 15.9 Å². The van der Waals surface area contributed by atoms with Crippen LogP contribution in [0.3, 0.4) is 0 Å². The molecule has 1 aliphatic rings. The van der Waals surface area contributed by atoms with Gasteiger partial charge in [0.25, 0.3) is 0 Å². The van der Waals surface area contributed by atoms with Gasteiger partial charge in [0, 0.05) is 16.6 Å². The first-order chi connectivity index (χ1) is 11.8. The Morgan fingerprint density at radius 1 is 1.24 bits per heavy atom. The molecule has 0 bridgehead atoms. The second kappa shape index (κ2) is 6.82. The van der Waals surface area contributed by atoms with Crippen LogP contribution in [-0.2, 0) is 21.2 Å². The second-order valence-corrected chi connectivity index (χ2v) is 8.86. The van der Waals surface area contributed by atoms with Crippen molar-refractivity contribution in [3.63, 3.8) is 0 Å². The Hall–Kier alpha value is -1.83. The highest BCUT2D eigenvalue weighted by Gasteiger charge is 2.31. The maximum atomic E-state index is 12.7. The van der Waals surface area contributed by atoms with Gasteiger partial charge in [-0.05, 0) is 56.2 Å². The Bertz CT molecular complexity index is 908. The van der Waals surface area contributed by atoms with Gasteiger partial charge < -0.3 is 4.90 Å². The molecule has 0 saturated heterocycles. The van der Waals surface area contributed by atoms with Gasteiger partial charge in [-0.25, -0.2) is 13.6 Å². The first-order valence-corrected chi connectivity index (χ1v) is 10.5. The molecular formula is C18H20N2O3S2. The van der Waals surface area contributed by atoms with Crippen molar-refractivity contribution >= 4 is 33.4 Å². The molecular weight excluding hydrogens is 356 g/mol. The number of nitrogens with two attached hydrogens (primary N) is 1. The Morgan fingerprint density at radius 2 is 1.92 bits per heavy atom. The van der Waals surface area contributed by atoms with Crippen LogP contribution in [0.5, 0.6) is 0 Å². The van der Waals surface area contributed by atoms with Crippen LogP contribution in [-0.4, -0.2) is 26.1 Å². The highest BCUT2D eigenvalue weighted by atomic mass is 32.2. The minimum Gasteiger partial charge on any atom is -0.308 e. The molecule has 1 amide bonds. The molecule has 7 heteroatoms. The number of thioether (sulfide) groups is 1. The van der Waals surface area contributed by atoms with Crippen LogP contribution in [0.1, 0.15) is 18.1 Å². The van der Waals surface area contributed by atoms with Crippen LogP contribution < -0.4 is 10.0 Å². The lowest BCUT2D eigenvalue weighted by Crippen LogP contribution is -2.36. The van der Waals surface area contributed by atoms with Gasteiger partial charge >= 0.3 is 0 Å². The van der Waals surface area contributed by atoms with Gasteiger partial charge in [-0.3, -0.25) is 4.79 Å². The van der Waals surface area contributed by atoms with Gasteiger partial charge in [0.15, 0.2) is 0 Å². The highest BCUT2D eigenvalue weighted by molar-refractivity contribution is 8.00. The van der Waals surface area contributed by atoms with Gasteiger partial charge in [-0.2, -0.15) is 0 Å². The number of amides is 1. The van der Waals surface area contributed by atoms with Crippen molar-refractivity contribution in [3.8, 4) is 0 Å². The molecule has 2 aromatic carbocycles. The predicted octanol–water partition coefficient (Wildman–Crippen LogP) is 2.71. The summed E-state index contributed by atoms with van der Waals surface area (Å²) in [4.78, 5) is 15.6. The zero-order valence-electron chi connectivity index (χ0n) is 14.1. The van der Waals surface area contributed by atoms with Gasteiger partial charge in [-0.1, -0.05) is 17.7 Å². The summed E-state index contributed by atoms with van der Waals surface area (Å²) < 4.78 is 23.0. The summed E-state index contributed by atoms with van der Waals surface area (Å²) in [6, 6.07) is 12.8. The van der Waals surface area contributed by atoms with Gasteiger partial charge in [0.1, 0.15) is 0 Å². The van der Waals surface area contributed by atoms with Crippen LogP contribution in [0.4, 0.5) is 5.69 Å². The van der Waals surface area contributed by atoms with Crippen molar-refractivity contribution in [2.24, 2.45) is 5.14 Å². The number of aryl methyl sites for hydroxylation is 1. The maximum absolute atomic E-state index is 12.7. The molecule has 0 saturated carbocycles. The largest absolute Gasteiger partial charge is 0.308 e. The SMILES string of the molecule is Cc1ccc(SCC(=O)N2c3ccc(S(N)(=O)=O)cc3CC2C)cc1. The Balaban J connectivity index is 1.77. The van der Waals surface area contributed by atoms with E-state index in [1.807, 2.05) is 38.1 Å². The van der Waals surface area contributed by atoms with Crippen LogP contribution in [0.25, 0.3) is 0 Å². The molecule has 5 nitrogen and oxygen atoms in total. The summed E-state index contributed by atoms with van der Waals surface area (Å²) in [5, 5.41) is 5.19. The van der Waals surface area contributed by atoms with E-state index in [0.717, 1.165) is 16.1 Å². The van der Waals surface area contributed by atoms with Crippen LogP contribution in [0.2, 0.25) is 0 Å². The number of primary sulfonamides is 1. The number of sulfonamides is 1. The lowest BCUT2D eigenvalue weighted by atomic mass is 10.1. The number of carbonyl (C=O) groups is 1. The van der Waals surface area contributed by atoms with E-state index in [0.29, 0.717) is 12.2 Å². The van der Waals surface area contributed by atoms with Gasteiger partial charge in [-0.15, -0.1) is 11.8 Å². The monoisotopic (exact) mass is 376 g/mol. The van der Waals surface area contributed by atoms with E-state index in [1.165, 1.54) is 23.4 Å². The molecule has 0 fully saturated rings. The fraction of sp³-hybridized carbons (Fsp3) is 0.278. The molecule has 1 unspecified atom stereocenters.